The summed E-state index contributed by atoms with van der Waals surface area (Å²) in [5.41, 5.74) is 1.02. The van der Waals surface area contributed by atoms with E-state index in [1.807, 2.05) is 5.38 Å². The van der Waals surface area contributed by atoms with Crippen molar-refractivity contribution in [3.05, 3.63) is 27.1 Å². The van der Waals surface area contributed by atoms with E-state index in [2.05, 4.69) is 12.2 Å². The molecule has 1 aromatic heterocycles. The van der Waals surface area contributed by atoms with Crippen molar-refractivity contribution in [1.29, 1.82) is 0 Å². The molecule has 1 fully saturated rings. The van der Waals surface area contributed by atoms with Gasteiger partial charge < -0.3 is 5.32 Å². The van der Waals surface area contributed by atoms with Crippen LogP contribution in [0.25, 0.3) is 0 Å². The fourth-order valence-corrected chi connectivity index (χ4v) is 2.93. The minimum atomic E-state index is -0.328. The van der Waals surface area contributed by atoms with Crippen LogP contribution in [0.2, 0.25) is 0 Å². The molecule has 0 amide bonds. The minimum Gasteiger partial charge on any atom is -0.310 e. The topological polar surface area (TPSA) is 55.2 Å². The average molecular weight is 240 g/mol. The summed E-state index contributed by atoms with van der Waals surface area (Å²) in [6.07, 6.45) is 3.75. The maximum atomic E-state index is 10.5. The fraction of sp³-hybridized carbons (Fsp3) is 0.636. The number of rotatable bonds is 4. The Kier molecular flexibility index (Phi) is 3.56. The first-order valence-electron chi connectivity index (χ1n) is 5.60. The van der Waals surface area contributed by atoms with E-state index in [0.717, 1.165) is 18.0 Å². The van der Waals surface area contributed by atoms with E-state index in [4.69, 9.17) is 0 Å². The van der Waals surface area contributed by atoms with E-state index < -0.39 is 0 Å². The van der Waals surface area contributed by atoms with Crippen molar-refractivity contribution in [1.82, 2.24) is 5.32 Å². The molecule has 1 aromatic rings. The quantitative estimate of drug-likeness (QED) is 0.650. The van der Waals surface area contributed by atoms with Crippen LogP contribution < -0.4 is 5.32 Å². The van der Waals surface area contributed by atoms with Gasteiger partial charge in [-0.15, -0.1) is 0 Å². The lowest BCUT2D eigenvalue weighted by Crippen LogP contribution is -2.25. The van der Waals surface area contributed by atoms with Gasteiger partial charge in [-0.1, -0.05) is 18.3 Å². The molecule has 2 rings (SSSR count). The van der Waals surface area contributed by atoms with Gasteiger partial charge in [-0.3, -0.25) is 10.1 Å². The molecule has 0 aromatic carbocycles. The van der Waals surface area contributed by atoms with Gasteiger partial charge in [0.15, 0.2) is 0 Å². The molecule has 1 saturated carbocycles. The van der Waals surface area contributed by atoms with Crippen molar-refractivity contribution in [2.24, 2.45) is 5.92 Å². The number of hydrogen-bond acceptors (Lipinski definition) is 4. The van der Waals surface area contributed by atoms with Crippen LogP contribution in [0.1, 0.15) is 31.7 Å². The third-order valence-electron chi connectivity index (χ3n) is 3.11. The van der Waals surface area contributed by atoms with Crippen LogP contribution in [0.15, 0.2) is 11.4 Å². The lowest BCUT2D eigenvalue weighted by atomic mass is 10.1. The zero-order valence-electron chi connectivity index (χ0n) is 9.31. The van der Waals surface area contributed by atoms with E-state index in [1.165, 1.54) is 30.6 Å². The number of hydrogen-bond donors (Lipinski definition) is 1. The number of nitrogens with zero attached hydrogens (tertiary/aromatic N) is 1. The zero-order chi connectivity index (χ0) is 11.5. The second-order valence-electron chi connectivity index (χ2n) is 4.55. The summed E-state index contributed by atoms with van der Waals surface area (Å²) in [6.45, 7) is 3.03. The van der Waals surface area contributed by atoms with Crippen molar-refractivity contribution in [2.45, 2.75) is 38.8 Å². The molecule has 0 radical (unpaired) electrons. The third-order valence-corrected chi connectivity index (χ3v) is 4.04. The second kappa shape index (κ2) is 4.93. The molecule has 0 aliphatic heterocycles. The van der Waals surface area contributed by atoms with Crippen LogP contribution in [0, 0.1) is 16.0 Å². The minimum absolute atomic E-state index is 0.233. The molecule has 4 nitrogen and oxygen atoms in total. The lowest BCUT2D eigenvalue weighted by molar-refractivity contribution is -0.380. The van der Waals surface area contributed by atoms with Gasteiger partial charge >= 0.3 is 5.00 Å². The Bertz CT molecular complexity index is 378. The van der Waals surface area contributed by atoms with Crippen LogP contribution in [0.5, 0.6) is 0 Å². The monoisotopic (exact) mass is 240 g/mol. The van der Waals surface area contributed by atoms with Crippen LogP contribution in [-0.2, 0) is 6.54 Å². The van der Waals surface area contributed by atoms with Gasteiger partial charge in [-0.05, 0) is 30.7 Å². The first kappa shape index (κ1) is 11.5. The van der Waals surface area contributed by atoms with Gasteiger partial charge in [0.25, 0.3) is 0 Å². The van der Waals surface area contributed by atoms with Crippen molar-refractivity contribution >= 4 is 16.3 Å². The maximum Gasteiger partial charge on any atom is 0.324 e. The molecule has 1 heterocycles. The van der Waals surface area contributed by atoms with Crippen LogP contribution >= 0.6 is 11.3 Å². The second-order valence-corrected chi connectivity index (χ2v) is 5.44. The Morgan fingerprint density at radius 1 is 1.62 bits per heavy atom. The Morgan fingerprint density at radius 2 is 2.44 bits per heavy atom. The van der Waals surface area contributed by atoms with Crippen molar-refractivity contribution in [3.63, 3.8) is 0 Å². The standard InChI is InChI=1S/C11H16N2O2S/c1-8-2-3-10(4-8)12-6-9-5-11(13(14)15)16-7-9/h5,7-8,10,12H,2-4,6H2,1H3. The first-order chi connectivity index (χ1) is 7.65. The number of thiophene rings is 1. The summed E-state index contributed by atoms with van der Waals surface area (Å²) in [4.78, 5) is 10.2. The molecule has 16 heavy (non-hydrogen) atoms. The van der Waals surface area contributed by atoms with Crippen molar-refractivity contribution in [2.75, 3.05) is 0 Å². The van der Waals surface area contributed by atoms with E-state index in [1.54, 1.807) is 6.07 Å². The predicted molar refractivity (Wildman–Crippen MR) is 64.6 cm³/mol. The molecule has 1 aliphatic rings. The van der Waals surface area contributed by atoms with Crippen LogP contribution in [0.3, 0.4) is 0 Å². The van der Waals surface area contributed by atoms with E-state index in [9.17, 15) is 10.1 Å². The summed E-state index contributed by atoms with van der Waals surface area (Å²) in [5.74, 6) is 0.814. The Labute approximate surface area is 98.8 Å². The van der Waals surface area contributed by atoms with Crippen molar-refractivity contribution in [3.8, 4) is 0 Å². The Hall–Kier alpha value is -0.940. The molecular formula is C11H16N2O2S. The lowest BCUT2D eigenvalue weighted by Gasteiger charge is -2.10. The summed E-state index contributed by atoms with van der Waals surface area (Å²) < 4.78 is 0. The molecule has 2 unspecified atom stereocenters. The first-order valence-corrected chi connectivity index (χ1v) is 6.48. The molecule has 5 heteroatoms. The van der Waals surface area contributed by atoms with E-state index in [0.29, 0.717) is 6.04 Å². The Morgan fingerprint density at radius 3 is 3.00 bits per heavy atom. The molecular weight excluding hydrogens is 224 g/mol. The van der Waals surface area contributed by atoms with Gasteiger partial charge in [0, 0.05) is 24.0 Å². The Balaban J connectivity index is 1.83. The summed E-state index contributed by atoms with van der Waals surface area (Å²) in [5, 5.41) is 16.1. The van der Waals surface area contributed by atoms with E-state index in [-0.39, 0.29) is 9.92 Å². The fourth-order valence-electron chi connectivity index (χ4n) is 2.21. The van der Waals surface area contributed by atoms with Gasteiger partial charge in [-0.2, -0.15) is 0 Å². The van der Waals surface area contributed by atoms with Crippen molar-refractivity contribution < 1.29 is 4.92 Å². The van der Waals surface area contributed by atoms with E-state index >= 15 is 0 Å². The van der Waals surface area contributed by atoms with Crippen LogP contribution in [-0.4, -0.2) is 11.0 Å². The predicted octanol–water partition coefficient (Wildman–Crippen LogP) is 2.93. The largest absolute Gasteiger partial charge is 0.324 e. The molecule has 0 spiro atoms. The highest BCUT2D eigenvalue weighted by Crippen LogP contribution is 2.26. The molecule has 1 aliphatic carbocycles. The number of nitro groups is 1. The molecule has 0 bridgehead atoms. The van der Waals surface area contributed by atoms with Gasteiger partial charge in [0.2, 0.25) is 0 Å². The average Bonchev–Trinajstić information content (AvgIpc) is 2.83. The highest BCUT2D eigenvalue weighted by atomic mass is 32.1. The molecule has 0 saturated heterocycles. The van der Waals surface area contributed by atoms with Gasteiger partial charge in [-0.25, -0.2) is 0 Å². The molecule has 1 N–H and O–H groups in total. The summed E-state index contributed by atoms with van der Waals surface area (Å²) in [7, 11) is 0. The maximum absolute atomic E-state index is 10.5. The van der Waals surface area contributed by atoms with Gasteiger partial charge in [0.1, 0.15) is 0 Å². The molecule has 88 valence electrons. The molecule has 2 atom stereocenters. The van der Waals surface area contributed by atoms with Gasteiger partial charge in [0.05, 0.1) is 4.92 Å². The highest BCUT2D eigenvalue weighted by molar-refractivity contribution is 7.13. The normalized spacial score (nSPS) is 24.8. The summed E-state index contributed by atoms with van der Waals surface area (Å²) >= 11 is 1.20. The smallest absolute Gasteiger partial charge is 0.310 e. The number of nitrogens with one attached hydrogen (secondary N) is 1. The van der Waals surface area contributed by atoms with Crippen LogP contribution in [0.4, 0.5) is 5.00 Å². The summed E-state index contributed by atoms with van der Waals surface area (Å²) in [6, 6.07) is 2.25. The highest BCUT2D eigenvalue weighted by Gasteiger charge is 2.20. The third kappa shape index (κ3) is 2.80. The zero-order valence-corrected chi connectivity index (χ0v) is 10.1. The SMILES string of the molecule is CC1CCC(NCc2csc([N+](=O)[O-])c2)C1.